The molecule has 0 fully saturated rings. The molecular weight excluding hydrogens is 350 g/mol. The van der Waals surface area contributed by atoms with Gasteiger partial charge in [-0.25, -0.2) is 9.97 Å². The van der Waals surface area contributed by atoms with E-state index in [9.17, 15) is 10.1 Å². The van der Waals surface area contributed by atoms with Crippen LogP contribution in [0.1, 0.15) is 39.9 Å². The van der Waals surface area contributed by atoms with E-state index in [-0.39, 0.29) is 11.6 Å². The van der Waals surface area contributed by atoms with E-state index in [0.717, 1.165) is 23.2 Å². The number of amides is 1. The third kappa shape index (κ3) is 4.15. The van der Waals surface area contributed by atoms with Crippen LogP contribution >= 0.6 is 0 Å². The molecule has 0 radical (unpaired) electrons. The summed E-state index contributed by atoms with van der Waals surface area (Å²) in [5.74, 6) is 0.622. The van der Waals surface area contributed by atoms with Gasteiger partial charge in [0, 0.05) is 11.8 Å². The predicted octanol–water partition coefficient (Wildman–Crippen LogP) is 4.52. The lowest BCUT2D eigenvalue weighted by molar-refractivity contribution is 0.102. The summed E-state index contributed by atoms with van der Waals surface area (Å²) in [6, 6.07) is 16.8. The van der Waals surface area contributed by atoms with Crippen molar-refractivity contribution >= 4 is 23.1 Å². The van der Waals surface area contributed by atoms with Gasteiger partial charge in [-0.15, -0.1) is 0 Å². The van der Waals surface area contributed by atoms with Crippen LogP contribution in [-0.4, -0.2) is 15.9 Å². The smallest absolute Gasteiger partial charge is 0.274 e. The van der Waals surface area contributed by atoms with Crippen LogP contribution in [0.15, 0.2) is 48.5 Å². The van der Waals surface area contributed by atoms with Crippen molar-refractivity contribution in [2.45, 2.75) is 27.2 Å². The zero-order valence-corrected chi connectivity index (χ0v) is 16.1. The zero-order valence-electron chi connectivity index (χ0n) is 16.1. The SMILES string of the molecule is CCc1cccc(C)c1NC(=O)c1cc(Nc2ccccc2C#N)nc(C)n1. The number of nitrogens with one attached hydrogen (secondary N) is 2. The number of aromatic nitrogens is 2. The summed E-state index contributed by atoms with van der Waals surface area (Å²) in [4.78, 5) is 21.4. The maximum Gasteiger partial charge on any atom is 0.274 e. The van der Waals surface area contributed by atoms with Gasteiger partial charge in [-0.3, -0.25) is 4.79 Å². The van der Waals surface area contributed by atoms with Crippen LogP contribution in [0.5, 0.6) is 0 Å². The number of benzene rings is 2. The second-order valence-corrected chi connectivity index (χ2v) is 6.38. The minimum Gasteiger partial charge on any atom is -0.339 e. The summed E-state index contributed by atoms with van der Waals surface area (Å²) in [5.41, 5.74) is 4.27. The topological polar surface area (TPSA) is 90.7 Å². The molecule has 2 N–H and O–H groups in total. The number of anilines is 3. The van der Waals surface area contributed by atoms with Crippen molar-refractivity contribution in [3.8, 4) is 6.07 Å². The van der Waals surface area contributed by atoms with Crippen LogP contribution in [0, 0.1) is 25.2 Å². The summed E-state index contributed by atoms with van der Waals surface area (Å²) in [6.07, 6.45) is 0.817. The minimum absolute atomic E-state index is 0.259. The van der Waals surface area contributed by atoms with Gasteiger partial charge in [-0.2, -0.15) is 5.26 Å². The Balaban J connectivity index is 1.90. The van der Waals surface area contributed by atoms with Gasteiger partial charge in [-0.1, -0.05) is 37.3 Å². The summed E-state index contributed by atoms with van der Waals surface area (Å²) < 4.78 is 0. The maximum absolute atomic E-state index is 12.8. The molecule has 0 saturated carbocycles. The van der Waals surface area contributed by atoms with Crippen molar-refractivity contribution in [2.24, 2.45) is 0 Å². The Morgan fingerprint density at radius 1 is 1.11 bits per heavy atom. The Morgan fingerprint density at radius 3 is 2.64 bits per heavy atom. The van der Waals surface area contributed by atoms with Crippen LogP contribution in [0.4, 0.5) is 17.2 Å². The second kappa shape index (κ2) is 8.31. The summed E-state index contributed by atoms with van der Waals surface area (Å²) in [6.45, 7) is 5.74. The third-order valence-corrected chi connectivity index (χ3v) is 4.36. The lowest BCUT2D eigenvalue weighted by atomic mass is 10.1. The van der Waals surface area contributed by atoms with Crippen molar-refractivity contribution < 1.29 is 4.79 Å². The standard InChI is InChI=1S/C22H21N5O/c1-4-16-10-7-8-14(2)21(16)27-22(28)19-12-20(25-15(3)24-19)26-18-11-6-5-9-17(18)13-23/h5-12H,4H2,1-3H3,(H,27,28)(H,24,25,26). The van der Waals surface area contributed by atoms with Gasteiger partial charge in [0.15, 0.2) is 0 Å². The number of aryl methyl sites for hydroxylation is 3. The fraction of sp³-hybridized carbons (Fsp3) is 0.182. The van der Waals surface area contributed by atoms with Crippen molar-refractivity contribution in [2.75, 3.05) is 10.6 Å². The molecule has 140 valence electrons. The molecule has 0 aliphatic carbocycles. The molecule has 28 heavy (non-hydrogen) atoms. The highest BCUT2D eigenvalue weighted by atomic mass is 16.1. The van der Waals surface area contributed by atoms with Gasteiger partial charge >= 0.3 is 0 Å². The Bertz CT molecular complexity index is 1070. The van der Waals surface area contributed by atoms with E-state index >= 15 is 0 Å². The largest absolute Gasteiger partial charge is 0.339 e. The first-order valence-electron chi connectivity index (χ1n) is 9.03. The Labute approximate surface area is 164 Å². The van der Waals surface area contributed by atoms with Gasteiger partial charge in [0.25, 0.3) is 5.91 Å². The molecule has 0 aliphatic heterocycles. The molecular formula is C22H21N5O. The molecule has 0 unspecified atom stereocenters. The lowest BCUT2D eigenvalue weighted by Crippen LogP contribution is -2.17. The molecule has 0 spiro atoms. The van der Waals surface area contributed by atoms with E-state index in [2.05, 4.69) is 26.7 Å². The number of hydrogen-bond acceptors (Lipinski definition) is 5. The minimum atomic E-state index is -0.300. The average molecular weight is 371 g/mol. The highest BCUT2D eigenvalue weighted by molar-refractivity contribution is 6.04. The quantitative estimate of drug-likeness (QED) is 0.688. The van der Waals surface area contributed by atoms with E-state index in [1.54, 1.807) is 31.2 Å². The van der Waals surface area contributed by atoms with Crippen LogP contribution in [-0.2, 0) is 6.42 Å². The lowest BCUT2D eigenvalue weighted by Gasteiger charge is -2.14. The molecule has 3 rings (SSSR count). The Morgan fingerprint density at radius 2 is 1.89 bits per heavy atom. The molecule has 1 heterocycles. The summed E-state index contributed by atoms with van der Waals surface area (Å²) in [5, 5.41) is 15.3. The number of carbonyl (C=O) groups excluding carboxylic acids is 1. The molecule has 0 bridgehead atoms. The number of nitrogens with zero attached hydrogens (tertiary/aromatic N) is 3. The van der Waals surface area contributed by atoms with E-state index < -0.39 is 0 Å². The number of nitriles is 1. The molecule has 3 aromatic rings. The van der Waals surface area contributed by atoms with Gasteiger partial charge < -0.3 is 10.6 Å². The van der Waals surface area contributed by atoms with E-state index in [4.69, 9.17) is 0 Å². The van der Waals surface area contributed by atoms with Crippen molar-refractivity contribution in [3.05, 3.63) is 76.7 Å². The monoisotopic (exact) mass is 371 g/mol. The fourth-order valence-electron chi connectivity index (χ4n) is 2.96. The Hall–Kier alpha value is -3.72. The fourth-order valence-corrected chi connectivity index (χ4v) is 2.96. The molecule has 0 atom stereocenters. The molecule has 1 amide bonds. The van der Waals surface area contributed by atoms with Crippen molar-refractivity contribution in [3.63, 3.8) is 0 Å². The summed E-state index contributed by atoms with van der Waals surface area (Å²) in [7, 11) is 0. The van der Waals surface area contributed by atoms with Crippen molar-refractivity contribution in [1.29, 1.82) is 5.26 Å². The van der Waals surface area contributed by atoms with Crippen molar-refractivity contribution in [1.82, 2.24) is 9.97 Å². The number of carbonyl (C=O) groups is 1. The molecule has 0 saturated heterocycles. The molecule has 2 aromatic carbocycles. The van der Waals surface area contributed by atoms with Gasteiger partial charge in [0.1, 0.15) is 23.4 Å². The first kappa shape index (κ1) is 19.1. The van der Waals surface area contributed by atoms with Crippen LogP contribution in [0.2, 0.25) is 0 Å². The van der Waals surface area contributed by atoms with E-state index in [1.165, 1.54) is 0 Å². The first-order valence-corrected chi connectivity index (χ1v) is 9.03. The predicted molar refractivity (Wildman–Crippen MR) is 110 cm³/mol. The number of para-hydroxylation sites is 2. The highest BCUT2D eigenvalue weighted by Crippen LogP contribution is 2.23. The molecule has 6 nitrogen and oxygen atoms in total. The van der Waals surface area contributed by atoms with E-state index in [0.29, 0.717) is 22.9 Å². The first-order chi connectivity index (χ1) is 13.5. The van der Waals surface area contributed by atoms with E-state index in [1.807, 2.05) is 38.1 Å². The molecule has 6 heteroatoms. The normalized spacial score (nSPS) is 10.2. The maximum atomic E-state index is 12.8. The molecule has 0 aliphatic rings. The van der Waals surface area contributed by atoms with Gasteiger partial charge in [0.05, 0.1) is 11.3 Å². The number of hydrogen-bond donors (Lipinski definition) is 2. The van der Waals surface area contributed by atoms with Crippen LogP contribution < -0.4 is 10.6 Å². The van der Waals surface area contributed by atoms with Gasteiger partial charge in [-0.05, 0) is 43.5 Å². The molecule has 1 aromatic heterocycles. The zero-order chi connectivity index (χ0) is 20.1. The highest BCUT2D eigenvalue weighted by Gasteiger charge is 2.14. The summed E-state index contributed by atoms with van der Waals surface area (Å²) >= 11 is 0. The van der Waals surface area contributed by atoms with Crippen LogP contribution in [0.3, 0.4) is 0 Å². The van der Waals surface area contributed by atoms with Crippen LogP contribution in [0.25, 0.3) is 0 Å². The Kier molecular flexibility index (Phi) is 5.66. The van der Waals surface area contributed by atoms with Gasteiger partial charge in [0.2, 0.25) is 0 Å². The number of rotatable bonds is 5. The second-order valence-electron chi connectivity index (χ2n) is 6.38. The third-order valence-electron chi connectivity index (χ3n) is 4.36. The average Bonchev–Trinajstić information content (AvgIpc) is 2.69.